The minimum atomic E-state index is -1.11. The van der Waals surface area contributed by atoms with Crippen molar-refractivity contribution in [2.45, 2.75) is 19.1 Å². The van der Waals surface area contributed by atoms with Gasteiger partial charge in [0.05, 0.1) is 59.0 Å². The van der Waals surface area contributed by atoms with Gasteiger partial charge in [0.25, 0.3) is 0 Å². The highest BCUT2D eigenvalue weighted by atomic mass is 16.6. The standard InChI is InChI=1S/C10H18O7.C3H6O/c11-1-2-15-3-4-16-5-6-17-10(8-13)9(14)7-12;1-3-2-4-3/h7,10-11,13H,1-6,8H2;3H,2H2,1H3. The number of carbonyl (C=O) groups is 2. The monoisotopic (exact) mass is 308 g/mol. The number of carbonyl (C=O) groups excluding carboxylic acids is 2. The van der Waals surface area contributed by atoms with Crippen molar-refractivity contribution in [3.63, 3.8) is 0 Å². The molecule has 0 aromatic carbocycles. The second-order valence-electron chi connectivity index (χ2n) is 4.15. The van der Waals surface area contributed by atoms with Gasteiger partial charge in [-0.15, -0.1) is 0 Å². The number of Topliss-reactive ketones (excluding diaryl/α,β-unsaturated/α-hetero) is 1. The van der Waals surface area contributed by atoms with Crippen LogP contribution in [0, 0.1) is 0 Å². The molecule has 2 unspecified atom stereocenters. The number of ketones is 1. The lowest BCUT2D eigenvalue weighted by atomic mass is 10.2. The van der Waals surface area contributed by atoms with Crippen LogP contribution >= 0.6 is 0 Å². The highest BCUT2D eigenvalue weighted by Crippen LogP contribution is 2.04. The number of aliphatic hydroxyl groups is 2. The third kappa shape index (κ3) is 13.8. The van der Waals surface area contributed by atoms with Crippen molar-refractivity contribution < 1.29 is 38.7 Å². The summed E-state index contributed by atoms with van der Waals surface area (Å²) in [5.41, 5.74) is 0. The lowest BCUT2D eigenvalue weighted by Crippen LogP contribution is -2.30. The third-order valence-electron chi connectivity index (χ3n) is 2.25. The molecule has 0 spiro atoms. The van der Waals surface area contributed by atoms with Gasteiger partial charge in [-0.05, 0) is 6.92 Å². The van der Waals surface area contributed by atoms with E-state index in [-0.39, 0.29) is 32.7 Å². The van der Waals surface area contributed by atoms with E-state index in [0.29, 0.717) is 19.3 Å². The number of rotatable bonds is 12. The summed E-state index contributed by atoms with van der Waals surface area (Å²) in [5.74, 6) is -0.793. The molecular weight excluding hydrogens is 284 g/mol. The molecule has 0 aliphatic carbocycles. The van der Waals surface area contributed by atoms with Gasteiger partial charge in [-0.25, -0.2) is 0 Å². The molecule has 1 aliphatic rings. The molecule has 0 bridgehead atoms. The van der Waals surface area contributed by atoms with Gasteiger partial charge in [-0.3, -0.25) is 9.59 Å². The summed E-state index contributed by atoms with van der Waals surface area (Å²) in [4.78, 5) is 21.0. The Morgan fingerprint density at radius 1 is 1.24 bits per heavy atom. The maximum atomic E-state index is 10.8. The Morgan fingerprint density at radius 2 is 1.76 bits per heavy atom. The van der Waals surface area contributed by atoms with Crippen LogP contribution in [0.4, 0.5) is 0 Å². The van der Waals surface area contributed by atoms with Crippen LogP contribution in [0.25, 0.3) is 0 Å². The van der Waals surface area contributed by atoms with Crippen LogP contribution in [-0.4, -0.2) is 87.3 Å². The van der Waals surface area contributed by atoms with Gasteiger partial charge < -0.3 is 29.2 Å². The normalized spacial score (nSPS) is 17.6. The maximum Gasteiger partial charge on any atom is 0.226 e. The summed E-state index contributed by atoms with van der Waals surface area (Å²) in [6.07, 6.45) is -0.411. The summed E-state index contributed by atoms with van der Waals surface area (Å²) in [6, 6.07) is 0. The van der Waals surface area contributed by atoms with Gasteiger partial charge in [0.2, 0.25) is 5.78 Å². The van der Waals surface area contributed by atoms with E-state index in [1.165, 1.54) is 0 Å². The maximum absolute atomic E-state index is 10.8. The summed E-state index contributed by atoms with van der Waals surface area (Å²) in [5, 5.41) is 17.1. The van der Waals surface area contributed by atoms with Gasteiger partial charge >= 0.3 is 0 Å². The average Bonchev–Trinajstić information content (AvgIpc) is 3.28. The second kappa shape index (κ2) is 14.1. The zero-order valence-corrected chi connectivity index (χ0v) is 12.2. The number of aldehydes is 1. The van der Waals surface area contributed by atoms with E-state index in [9.17, 15) is 9.59 Å². The Morgan fingerprint density at radius 3 is 2.19 bits per heavy atom. The molecule has 2 atom stereocenters. The Balaban J connectivity index is 0.000000847. The van der Waals surface area contributed by atoms with Crippen molar-refractivity contribution in [3.05, 3.63) is 0 Å². The van der Waals surface area contributed by atoms with E-state index in [2.05, 4.69) is 6.92 Å². The van der Waals surface area contributed by atoms with Gasteiger partial charge in [-0.2, -0.15) is 0 Å². The van der Waals surface area contributed by atoms with Crippen LogP contribution in [0.15, 0.2) is 0 Å². The average molecular weight is 308 g/mol. The molecule has 0 amide bonds. The minimum absolute atomic E-state index is 0.0326. The molecule has 0 saturated carbocycles. The van der Waals surface area contributed by atoms with E-state index in [0.717, 1.165) is 6.61 Å². The van der Waals surface area contributed by atoms with Gasteiger partial charge in [-0.1, -0.05) is 0 Å². The van der Waals surface area contributed by atoms with Crippen molar-refractivity contribution in [1.29, 1.82) is 0 Å². The predicted molar refractivity (Wildman–Crippen MR) is 72.0 cm³/mol. The number of hydrogen-bond acceptors (Lipinski definition) is 8. The van der Waals surface area contributed by atoms with Gasteiger partial charge in [0.15, 0.2) is 6.29 Å². The van der Waals surface area contributed by atoms with Crippen LogP contribution < -0.4 is 0 Å². The Hall–Kier alpha value is -0.900. The first-order valence-corrected chi connectivity index (χ1v) is 6.75. The first-order valence-electron chi connectivity index (χ1n) is 6.75. The van der Waals surface area contributed by atoms with E-state index < -0.39 is 18.5 Å². The van der Waals surface area contributed by atoms with Crippen LogP contribution in [0.5, 0.6) is 0 Å². The fraction of sp³-hybridized carbons (Fsp3) is 0.846. The zero-order valence-electron chi connectivity index (χ0n) is 12.2. The first-order chi connectivity index (χ1) is 10.2. The fourth-order valence-corrected chi connectivity index (χ4v) is 1.03. The van der Waals surface area contributed by atoms with E-state index in [1.54, 1.807) is 0 Å². The summed E-state index contributed by atoms with van der Waals surface area (Å²) >= 11 is 0. The highest BCUT2D eigenvalue weighted by Gasteiger charge is 2.16. The molecule has 21 heavy (non-hydrogen) atoms. The molecule has 8 heteroatoms. The zero-order chi connectivity index (χ0) is 15.9. The molecule has 0 aromatic heterocycles. The van der Waals surface area contributed by atoms with Crippen molar-refractivity contribution in [3.8, 4) is 0 Å². The Labute approximate surface area is 123 Å². The highest BCUT2D eigenvalue weighted by molar-refractivity contribution is 6.27. The summed E-state index contributed by atoms with van der Waals surface area (Å²) in [7, 11) is 0. The third-order valence-corrected chi connectivity index (χ3v) is 2.25. The number of aliphatic hydroxyl groups excluding tert-OH is 2. The Bertz CT molecular complexity index is 267. The number of ether oxygens (including phenoxy) is 4. The molecule has 1 saturated heterocycles. The molecule has 1 heterocycles. The molecular formula is C13H24O8. The predicted octanol–water partition coefficient (Wildman–Crippen LogP) is -1.44. The largest absolute Gasteiger partial charge is 0.394 e. The van der Waals surface area contributed by atoms with Crippen molar-refractivity contribution in [1.82, 2.24) is 0 Å². The van der Waals surface area contributed by atoms with Crippen molar-refractivity contribution in [2.24, 2.45) is 0 Å². The van der Waals surface area contributed by atoms with Crippen LogP contribution in [0.2, 0.25) is 0 Å². The molecule has 0 radical (unpaired) electrons. The lowest BCUT2D eigenvalue weighted by molar-refractivity contribution is -0.140. The van der Waals surface area contributed by atoms with Gasteiger partial charge in [0.1, 0.15) is 6.10 Å². The smallest absolute Gasteiger partial charge is 0.226 e. The first kappa shape index (κ1) is 20.1. The van der Waals surface area contributed by atoms with Crippen LogP contribution in [0.1, 0.15) is 6.92 Å². The lowest BCUT2D eigenvalue weighted by Gasteiger charge is -2.11. The van der Waals surface area contributed by atoms with E-state index >= 15 is 0 Å². The molecule has 8 nitrogen and oxygen atoms in total. The van der Waals surface area contributed by atoms with E-state index in [1.807, 2.05) is 0 Å². The fourth-order valence-electron chi connectivity index (χ4n) is 1.03. The summed E-state index contributed by atoms with van der Waals surface area (Å²) in [6.45, 7) is 3.77. The van der Waals surface area contributed by atoms with E-state index in [4.69, 9.17) is 29.2 Å². The van der Waals surface area contributed by atoms with Crippen LogP contribution in [0.3, 0.4) is 0 Å². The molecule has 0 aromatic rings. The Kier molecular flexibility index (Phi) is 13.5. The topological polar surface area (TPSA) is 115 Å². The molecule has 2 N–H and O–H groups in total. The SMILES string of the molecule is CC1CO1.O=CC(=O)C(CO)OCCOCCOCCO. The summed E-state index contributed by atoms with van der Waals surface area (Å²) < 4.78 is 19.7. The molecule has 1 aliphatic heterocycles. The van der Waals surface area contributed by atoms with Crippen molar-refractivity contribution >= 4 is 12.1 Å². The van der Waals surface area contributed by atoms with Gasteiger partial charge in [0, 0.05) is 0 Å². The molecule has 1 fully saturated rings. The molecule has 124 valence electrons. The van der Waals surface area contributed by atoms with Crippen molar-refractivity contribution in [2.75, 3.05) is 52.9 Å². The quantitative estimate of drug-likeness (QED) is 0.195. The van der Waals surface area contributed by atoms with Crippen LogP contribution in [-0.2, 0) is 28.5 Å². The molecule has 1 rings (SSSR count). The second-order valence-corrected chi connectivity index (χ2v) is 4.15. The minimum Gasteiger partial charge on any atom is -0.394 e. The number of epoxide rings is 1. The number of hydrogen-bond donors (Lipinski definition) is 2.